The van der Waals surface area contributed by atoms with Gasteiger partial charge in [-0.05, 0) is 0 Å². The number of carboxylic acid groups (broad SMARTS) is 2. The van der Waals surface area contributed by atoms with Crippen molar-refractivity contribution in [3.05, 3.63) is 85.0 Å². The number of fused-ring (bicyclic) bond motifs is 2. The van der Waals surface area contributed by atoms with Crippen molar-refractivity contribution in [2.24, 2.45) is 0 Å². The quantitative estimate of drug-likeness (QED) is 0.263. The molecule has 0 fully saturated rings. The molecule has 5 aromatic rings. The summed E-state index contributed by atoms with van der Waals surface area (Å²) in [5, 5.41) is 23.9. The number of carbonyl (C=O) groups is 2. The molecule has 0 spiro atoms. The minimum Gasteiger partial charge on any atom is -0.481 e. The molecule has 3 aromatic heterocycles. The second kappa shape index (κ2) is 8.75. The van der Waals surface area contributed by atoms with Gasteiger partial charge in [-0.1, -0.05) is 48.5 Å². The number of aromatic amines is 1. The van der Waals surface area contributed by atoms with Gasteiger partial charge in [-0.2, -0.15) is 0 Å². The van der Waals surface area contributed by atoms with Crippen LogP contribution in [-0.2, 0) is 21.5 Å². The van der Waals surface area contributed by atoms with Gasteiger partial charge >= 0.3 is 11.9 Å². The summed E-state index contributed by atoms with van der Waals surface area (Å²) in [6.45, 7) is 0. The monoisotopic (exact) mass is 475 g/mol. The van der Waals surface area contributed by atoms with Crippen LogP contribution < -0.4 is 0 Å². The molecule has 0 radical (unpaired) electrons. The zero-order chi connectivity index (χ0) is 23.7. The summed E-state index contributed by atoms with van der Waals surface area (Å²) >= 11 is 1.32. The topological polar surface area (TPSA) is 121 Å². The Bertz CT molecular complexity index is 1490. The van der Waals surface area contributed by atoms with E-state index in [1.807, 2.05) is 48.5 Å². The molecular formula is C25H21N3O5S. The molecule has 8 nitrogen and oxygen atoms in total. The maximum absolute atomic E-state index is 13.3. The van der Waals surface area contributed by atoms with E-state index in [4.69, 9.17) is 4.42 Å². The van der Waals surface area contributed by atoms with Crippen LogP contribution >= 0.6 is 11.8 Å². The second-order valence-corrected chi connectivity index (χ2v) is 9.04. The predicted octanol–water partition coefficient (Wildman–Crippen LogP) is 4.75. The third kappa shape index (κ3) is 3.63. The number of nitrogens with zero attached hydrogens (tertiary/aromatic N) is 2. The maximum atomic E-state index is 13.3. The van der Waals surface area contributed by atoms with E-state index < -0.39 is 17.5 Å². The Morgan fingerprint density at radius 3 is 2.50 bits per heavy atom. The van der Waals surface area contributed by atoms with Crippen LogP contribution in [0.4, 0.5) is 0 Å². The summed E-state index contributed by atoms with van der Waals surface area (Å²) in [6.07, 6.45) is 6.48. The number of aromatic nitrogens is 3. The van der Waals surface area contributed by atoms with E-state index in [-0.39, 0.29) is 12.8 Å². The first-order chi connectivity index (χ1) is 16.5. The number of rotatable bonds is 9. The van der Waals surface area contributed by atoms with E-state index in [0.717, 1.165) is 16.2 Å². The molecule has 3 heterocycles. The summed E-state index contributed by atoms with van der Waals surface area (Å²) in [5.74, 6) is -1.41. The number of hydrogen-bond acceptors (Lipinski definition) is 5. The van der Waals surface area contributed by atoms with Crippen LogP contribution in [0, 0.1) is 0 Å². The lowest BCUT2D eigenvalue weighted by Crippen LogP contribution is -2.45. The van der Waals surface area contributed by atoms with E-state index >= 15 is 0 Å². The number of benzene rings is 2. The first-order valence-corrected chi connectivity index (χ1v) is 11.6. The van der Waals surface area contributed by atoms with Gasteiger partial charge in [0.05, 0.1) is 24.0 Å². The third-order valence-electron chi connectivity index (χ3n) is 5.88. The Morgan fingerprint density at radius 2 is 1.79 bits per heavy atom. The van der Waals surface area contributed by atoms with Crippen molar-refractivity contribution in [3.8, 4) is 0 Å². The van der Waals surface area contributed by atoms with Gasteiger partial charge in [-0.3, -0.25) is 4.79 Å². The number of furan rings is 1. The Morgan fingerprint density at radius 1 is 1.06 bits per heavy atom. The maximum Gasteiger partial charge on any atom is 0.338 e. The number of imidazole rings is 1. The van der Waals surface area contributed by atoms with E-state index in [2.05, 4.69) is 9.97 Å². The van der Waals surface area contributed by atoms with E-state index in [9.17, 15) is 19.8 Å². The van der Waals surface area contributed by atoms with Crippen LogP contribution in [0.2, 0.25) is 0 Å². The highest BCUT2D eigenvalue weighted by Gasteiger charge is 2.48. The van der Waals surface area contributed by atoms with Crippen molar-refractivity contribution in [1.29, 1.82) is 0 Å². The molecule has 0 saturated heterocycles. The van der Waals surface area contributed by atoms with Crippen molar-refractivity contribution in [1.82, 2.24) is 14.5 Å². The van der Waals surface area contributed by atoms with Gasteiger partial charge in [0.25, 0.3) is 0 Å². The number of nitrogens with one attached hydrogen (secondary N) is 1. The van der Waals surface area contributed by atoms with Crippen LogP contribution in [-0.4, -0.2) is 42.4 Å². The molecule has 1 atom stereocenters. The average molecular weight is 476 g/mol. The lowest BCUT2D eigenvalue weighted by Gasteiger charge is -2.31. The van der Waals surface area contributed by atoms with Gasteiger partial charge in [0.2, 0.25) is 5.54 Å². The molecule has 3 N–H and O–H groups in total. The number of H-pyrrole nitrogens is 1. The zero-order valence-electron chi connectivity index (χ0n) is 18.0. The minimum atomic E-state index is -1.65. The van der Waals surface area contributed by atoms with Crippen molar-refractivity contribution in [2.45, 2.75) is 23.4 Å². The Balaban J connectivity index is 1.80. The molecule has 0 aliphatic heterocycles. The molecule has 9 heteroatoms. The van der Waals surface area contributed by atoms with Crippen LogP contribution in [0.25, 0.3) is 21.5 Å². The van der Waals surface area contributed by atoms with Gasteiger partial charge in [0.1, 0.15) is 5.76 Å². The Kier molecular flexibility index (Phi) is 5.62. The number of hydrogen-bond donors (Lipinski definition) is 3. The normalized spacial score (nSPS) is 13.3. The first-order valence-electron chi connectivity index (χ1n) is 10.6. The first kappa shape index (κ1) is 21.8. The van der Waals surface area contributed by atoms with Crippen molar-refractivity contribution in [3.63, 3.8) is 0 Å². The van der Waals surface area contributed by atoms with Crippen molar-refractivity contribution >= 4 is 45.2 Å². The highest BCUT2D eigenvalue weighted by atomic mass is 32.2. The summed E-state index contributed by atoms with van der Waals surface area (Å²) in [4.78, 5) is 31.6. The standard InChI is InChI=1S/C25H21N3O5S/c29-21(30)9-10-34-23-20-8-4-1-5-16(20)13-28(23)25(24(31)32,11-18-12-26-15-27-18)22-19-7-3-2-6-17(19)14-33-22/h1-8,12-15H,9-11H2,(H,26,27)(H,29,30)(H,31,32). The van der Waals surface area contributed by atoms with Gasteiger partial charge in [-0.15, -0.1) is 11.8 Å². The fraction of sp³-hybridized carbons (Fsp3) is 0.160. The second-order valence-electron chi connectivity index (χ2n) is 7.95. The number of thioether (sulfide) groups is 1. The summed E-state index contributed by atoms with van der Waals surface area (Å²) < 4.78 is 7.72. The highest BCUT2D eigenvalue weighted by Crippen LogP contribution is 2.42. The molecule has 1 unspecified atom stereocenters. The molecular weight excluding hydrogens is 454 g/mol. The highest BCUT2D eigenvalue weighted by molar-refractivity contribution is 7.99. The van der Waals surface area contributed by atoms with Crippen molar-refractivity contribution in [2.75, 3.05) is 5.75 Å². The molecule has 0 saturated carbocycles. The van der Waals surface area contributed by atoms with Crippen LogP contribution in [0.1, 0.15) is 17.9 Å². The largest absolute Gasteiger partial charge is 0.481 e. The molecule has 0 bridgehead atoms. The van der Waals surface area contributed by atoms with Crippen molar-refractivity contribution < 1.29 is 24.2 Å². The minimum absolute atomic E-state index is 0.0471. The molecule has 0 amide bonds. The van der Waals surface area contributed by atoms with Crippen LogP contribution in [0.15, 0.2) is 83.0 Å². The van der Waals surface area contributed by atoms with Gasteiger partial charge < -0.3 is 24.2 Å². The molecule has 5 rings (SSSR count). The van der Waals surface area contributed by atoms with Gasteiger partial charge in [-0.25, -0.2) is 9.78 Å². The van der Waals surface area contributed by atoms with E-state index in [0.29, 0.717) is 27.6 Å². The SMILES string of the molecule is O=C(O)CCSc1c2ccccc2cn1C(Cc1cnc[nH]1)(C(=O)O)c1occ2ccccc12. The molecule has 34 heavy (non-hydrogen) atoms. The average Bonchev–Trinajstić information content (AvgIpc) is 3.56. The Labute approximate surface area is 198 Å². The fourth-order valence-electron chi connectivity index (χ4n) is 4.32. The summed E-state index contributed by atoms with van der Waals surface area (Å²) in [6, 6.07) is 15.0. The molecule has 0 aliphatic carbocycles. The summed E-state index contributed by atoms with van der Waals surface area (Å²) in [5.41, 5.74) is -1.03. The zero-order valence-corrected chi connectivity index (χ0v) is 18.8. The lowest BCUT2D eigenvalue weighted by molar-refractivity contribution is -0.146. The number of aliphatic carboxylic acids is 2. The molecule has 2 aromatic carbocycles. The molecule has 0 aliphatic rings. The molecule has 172 valence electrons. The van der Waals surface area contributed by atoms with E-state index in [1.54, 1.807) is 23.2 Å². The fourth-order valence-corrected chi connectivity index (χ4v) is 5.48. The summed E-state index contributed by atoms with van der Waals surface area (Å²) in [7, 11) is 0. The van der Waals surface area contributed by atoms with Gasteiger partial charge in [0, 0.05) is 51.8 Å². The third-order valence-corrected chi connectivity index (χ3v) is 6.98. The number of carboxylic acids is 2. The van der Waals surface area contributed by atoms with Crippen LogP contribution in [0.3, 0.4) is 0 Å². The lowest BCUT2D eigenvalue weighted by atomic mass is 9.88. The Hall–Kier alpha value is -3.98. The van der Waals surface area contributed by atoms with Crippen LogP contribution in [0.5, 0.6) is 0 Å². The predicted molar refractivity (Wildman–Crippen MR) is 128 cm³/mol. The smallest absolute Gasteiger partial charge is 0.338 e. The van der Waals surface area contributed by atoms with Gasteiger partial charge in [0.15, 0.2) is 0 Å². The van der Waals surface area contributed by atoms with E-state index in [1.165, 1.54) is 18.1 Å².